The second-order valence-electron chi connectivity index (χ2n) is 5.38. The van der Waals surface area contributed by atoms with Crippen molar-refractivity contribution in [3.63, 3.8) is 0 Å². The van der Waals surface area contributed by atoms with E-state index in [9.17, 15) is 4.79 Å². The van der Waals surface area contributed by atoms with Crippen molar-refractivity contribution >= 4 is 17.8 Å². The van der Waals surface area contributed by atoms with Gasteiger partial charge in [-0.15, -0.1) is 0 Å². The molecule has 2 aromatic rings. The third kappa shape index (κ3) is 2.87. The van der Waals surface area contributed by atoms with Gasteiger partial charge in [0.05, 0.1) is 0 Å². The zero-order valence-corrected chi connectivity index (χ0v) is 12.0. The Labute approximate surface area is 124 Å². The Bertz CT molecular complexity index is 664. The lowest BCUT2D eigenvalue weighted by atomic mass is 10.0. The summed E-state index contributed by atoms with van der Waals surface area (Å²) in [6.45, 7) is 2.84. The summed E-state index contributed by atoms with van der Waals surface area (Å²) < 4.78 is 0. The van der Waals surface area contributed by atoms with E-state index in [0.29, 0.717) is 12.5 Å². The number of amides is 1. The Morgan fingerprint density at radius 2 is 1.86 bits per heavy atom. The van der Waals surface area contributed by atoms with Crippen molar-refractivity contribution in [1.82, 2.24) is 0 Å². The molecule has 1 aliphatic rings. The van der Waals surface area contributed by atoms with Gasteiger partial charge in [0.25, 0.3) is 0 Å². The van der Waals surface area contributed by atoms with E-state index in [1.165, 1.54) is 5.56 Å². The Balaban J connectivity index is 1.68. The number of hydrogen-bond donors (Lipinski definition) is 1. The first kappa shape index (κ1) is 13.6. The normalized spacial score (nSPS) is 18.5. The summed E-state index contributed by atoms with van der Waals surface area (Å²) in [5.41, 5.74) is 3.18. The SMILES string of the molecule is C[C@H](CN=CC1C(=O)Nc2ccccc21)c1ccccc1. The molecule has 21 heavy (non-hydrogen) atoms. The van der Waals surface area contributed by atoms with E-state index in [4.69, 9.17) is 0 Å². The van der Waals surface area contributed by atoms with Gasteiger partial charge in [0, 0.05) is 24.4 Å². The fourth-order valence-corrected chi connectivity index (χ4v) is 2.59. The molecule has 3 nitrogen and oxygen atoms in total. The first-order chi connectivity index (χ1) is 10.3. The fraction of sp³-hybridized carbons (Fsp3) is 0.222. The minimum Gasteiger partial charge on any atom is -0.325 e. The van der Waals surface area contributed by atoms with Crippen LogP contribution in [-0.2, 0) is 4.79 Å². The molecular formula is C18H18N2O. The summed E-state index contributed by atoms with van der Waals surface area (Å²) >= 11 is 0. The van der Waals surface area contributed by atoms with Gasteiger partial charge in [-0.1, -0.05) is 55.5 Å². The van der Waals surface area contributed by atoms with Crippen LogP contribution in [0.3, 0.4) is 0 Å². The van der Waals surface area contributed by atoms with E-state index >= 15 is 0 Å². The number of nitrogens with one attached hydrogen (secondary N) is 1. The summed E-state index contributed by atoms with van der Waals surface area (Å²) in [4.78, 5) is 16.5. The monoisotopic (exact) mass is 278 g/mol. The molecule has 0 fully saturated rings. The maximum atomic E-state index is 12.0. The highest BCUT2D eigenvalue weighted by Gasteiger charge is 2.28. The molecule has 2 atom stereocenters. The number of para-hydroxylation sites is 1. The fourth-order valence-electron chi connectivity index (χ4n) is 2.59. The number of nitrogens with zero attached hydrogens (tertiary/aromatic N) is 1. The van der Waals surface area contributed by atoms with Crippen LogP contribution in [-0.4, -0.2) is 18.7 Å². The smallest absolute Gasteiger partial charge is 0.237 e. The highest BCUT2D eigenvalue weighted by Crippen LogP contribution is 2.30. The van der Waals surface area contributed by atoms with E-state index in [1.807, 2.05) is 42.5 Å². The molecule has 1 unspecified atom stereocenters. The quantitative estimate of drug-likeness (QED) is 0.853. The van der Waals surface area contributed by atoms with E-state index in [0.717, 1.165) is 11.3 Å². The topological polar surface area (TPSA) is 41.5 Å². The Hall–Kier alpha value is -2.42. The maximum absolute atomic E-state index is 12.0. The highest BCUT2D eigenvalue weighted by atomic mass is 16.2. The number of carbonyl (C=O) groups excluding carboxylic acids is 1. The number of rotatable bonds is 4. The first-order valence-corrected chi connectivity index (χ1v) is 7.20. The van der Waals surface area contributed by atoms with Crippen LogP contribution >= 0.6 is 0 Å². The van der Waals surface area contributed by atoms with Crippen LogP contribution in [0.1, 0.15) is 29.9 Å². The van der Waals surface area contributed by atoms with Gasteiger partial charge in [-0.2, -0.15) is 0 Å². The van der Waals surface area contributed by atoms with E-state index in [-0.39, 0.29) is 11.8 Å². The molecule has 2 aromatic carbocycles. The number of anilines is 1. The summed E-state index contributed by atoms with van der Waals surface area (Å²) in [5, 5.41) is 2.89. The minimum absolute atomic E-state index is 0.00677. The molecule has 106 valence electrons. The van der Waals surface area contributed by atoms with Gasteiger partial charge in [-0.05, 0) is 17.2 Å². The van der Waals surface area contributed by atoms with E-state index < -0.39 is 0 Å². The van der Waals surface area contributed by atoms with Crippen molar-refractivity contribution in [3.8, 4) is 0 Å². The van der Waals surface area contributed by atoms with Crippen molar-refractivity contribution in [3.05, 3.63) is 65.7 Å². The van der Waals surface area contributed by atoms with Crippen LogP contribution in [0.4, 0.5) is 5.69 Å². The van der Waals surface area contributed by atoms with E-state index in [2.05, 4.69) is 29.4 Å². The zero-order valence-electron chi connectivity index (χ0n) is 12.0. The molecule has 1 heterocycles. The largest absolute Gasteiger partial charge is 0.325 e. The van der Waals surface area contributed by atoms with Crippen LogP contribution in [0, 0.1) is 0 Å². The Kier molecular flexibility index (Phi) is 3.82. The molecule has 0 radical (unpaired) electrons. The van der Waals surface area contributed by atoms with Gasteiger partial charge in [0.2, 0.25) is 5.91 Å². The molecule has 1 N–H and O–H groups in total. The van der Waals surface area contributed by atoms with Crippen LogP contribution in [0.25, 0.3) is 0 Å². The number of hydrogen-bond acceptors (Lipinski definition) is 2. The lowest BCUT2D eigenvalue weighted by Crippen LogP contribution is -2.13. The molecule has 3 heteroatoms. The Morgan fingerprint density at radius 1 is 1.14 bits per heavy atom. The Morgan fingerprint density at radius 3 is 2.67 bits per heavy atom. The number of aliphatic imine (C=N–C) groups is 1. The maximum Gasteiger partial charge on any atom is 0.237 e. The van der Waals surface area contributed by atoms with Crippen LogP contribution in [0.2, 0.25) is 0 Å². The summed E-state index contributed by atoms with van der Waals surface area (Å²) in [5.74, 6) is 0.0960. The molecule has 0 aliphatic carbocycles. The standard InChI is InChI=1S/C18H18N2O/c1-13(14-7-3-2-4-8-14)11-19-12-16-15-9-5-6-10-17(15)20-18(16)21/h2-10,12-13,16H,11H2,1H3,(H,20,21)/t13-,16?/m1/s1. The third-order valence-electron chi connectivity index (χ3n) is 3.84. The van der Waals surface area contributed by atoms with E-state index in [1.54, 1.807) is 6.21 Å². The van der Waals surface area contributed by atoms with Gasteiger partial charge < -0.3 is 5.32 Å². The second kappa shape index (κ2) is 5.92. The number of benzene rings is 2. The zero-order chi connectivity index (χ0) is 14.7. The summed E-state index contributed by atoms with van der Waals surface area (Å²) in [6, 6.07) is 18.1. The van der Waals surface area contributed by atoms with Crippen molar-refractivity contribution < 1.29 is 4.79 Å². The third-order valence-corrected chi connectivity index (χ3v) is 3.84. The van der Waals surface area contributed by atoms with Crippen LogP contribution in [0.5, 0.6) is 0 Å². The average molecular weight is 278 g/mol. The molecule has 0 saturated heterocycles. The van der Waals surface area contributed by atoms with Crippen molar-refractivity contribution in [2.75, 3.05) is 11.9 Å². The summed E-state index contributed by atoms with van der Waals surface area (Å²) in [7, 11) is 0. The average Bonchev–Trinajstić information content (AvgIpc) is 2.84. The lowest BCUT2D eigenvalue weighted by Gasteiger charge is -2.08. The van der Waals surface area contributed by atoms with Crippen LogP contribution in [0.15, 0.2) is 59.6 Å². The number of carbonyl (C=O) groups is 1. The van der Waals surface area contributed by atoms with Gasteiger partial charge in [-0.25, -0.2) is 0 Å². The van der Waals surface area contributed by atoms with Crippen molar-refractivity contribution in [2.24, 2.45) is 4.99 Å². The molecule has 1 amide bonds. The molecule has 1 aliphatic heterocycles. The van der Waals surface area contributed by atoms with Crippen LogP contribution < -0.4 is 5.32 Å². The van der Waals surface area contributed by atoms with Crippen molar-refractivity contribution in [1.29, 1.82) is 0 Å². The molecule has 3 rings (SSSR count). The molecule has 0 spiro atoms. The molecule has 0 aromatic heterocycles. The molecule has 0 bridgehead atoms. The van der Waals surface area contributed by atoms with Gasteiger partial charge in [0.15, 0.2) is 0 Å². The summed E-state index contributed by atoms with van der Waals surface area (Å²) in [6.07, 6.45) is 1.78. The molecular weight excluding hydrogens is 260 g/mol. The molecule has 0 saturated carbocycles. The van der Waals surface area contributed by atoms with Gasteiger partial charge in [-0.3, -0.25) is 9.79 Å². The lowest BCUT2D eigenvalue weighted by molar-refractivity contribution is -0.115. The highest BCUT2D eigenvalue weighted by molar-refractivity contribution is 6.12. The number of fused-ring (bicyclic) bond motifs is 1. The first-order valence-electron chi connectivity index (χ1n) is 7.20. The van der Waals surface area contributed by atoms with Crippen molar-refractivity contribution in [2.45, 2.75) is 18.8 Å². The second-order valence-corrected chi connectivity index (χ2v) is 5.38. The van der Waals surface area contributed by atoms with Gasteiger partial charge in [0.1, 0.15) is 5.92 Å². The minimum atomic E-state index is -0.260. The van der Waals surface area contributed by atoms with Gasteiger partial charge >= 0.3 is 0 Å². The predicted molar refractivity (Wildman–Crippen MR) is 86.0 cm³/mol. The predicted octanol–water partition coefficient (Wildman–Crippen LogP) is 3.60.